The number of hydrogen-bond acceptors (Lipinski definition) is 5. The van der Waals surface area contributed by atoms with Gasteiger partial charge in [0.2, 0.25) is 5.43 Å². The monoisotopic (exact) mass is 427 g/mol. The van der Waals surface area contributed by atoms with Crippen LogP contribution in [-0.4, -0.2) is 42.3 Å². The van der Waals surface area contributed by atoms with Crippen LogP contribution in [0.5, 0.6) is 0 Å². The van der Waals surface area contributed by atoms with Gasteiger partial charge in [0.05, 0.1) is 17.8 Å². The summed E-state index contributed by atoms with van der Waals surface area (Å²) in [6.45, 7) is 5.69. The number of aromatic nitrogens is 1. The minimum absolute atomic E-state index is 0.000445. The highest BCUT2D eigenvalue weighted by molar-refractivity contribution is 5.96. The first-order valence-electron chi connectivity index (χ1n) is 11.6. The van der Waals surface area contributed by atoms with Crippen molar-refractivity contribution in [1.29, 1.82) is 0 Å². The molecule has 3 aliphatic rings. The summed E-state index contributed by atoms with van der Waals surface area (Å²) >= 11 is 0. The Bertz CT molecular complexity index is 1090. The molecular formula is C24H30FN3O3. The Balaban J connectivity index is 1.73. The van der Waals surface area contributed by atoms with Crippen molar-refractivity contribution in [2.75, 3.05) is 24.6 Å². The minimum Gasteiger partial charge on any atom is -0.462 e. The van der Waals surface area contributed by atoms with Gasteiger partial charge in [0.25, 0.3) is 0 Å². The van der Waals surface area contributed by atoms with Crippen molar-refractivity contribution >= 4 is 22.6 Å². The average Bonchev–Trinajstić information content (AvgIpc) is 3.53. The quantitative estimate of drug-likeness (QED) is 0.740. The zero-order chi connectivity index (χ0) is 21.7. The molecule has 2 fully saturated rings. The first-order chi connectivity index (χ1) is 15.0. The summed E-state index contributed by atoms with van der Waals surface area (Å²) in [5, 5.41) is 3.82. The van der Waals surface area contributed by atoms with Crippen molar-refractivity contribution in [2.45, 2.75) is 70.5 Å². The second-order valence-electron chi connectivity index (χ2n) is 9.00. The Morgan fingerprint density at radius 2 is 2.06 bits per heavy atom. The van der Waals surface area contributed by atoms with E-state index in [0.717, 1.165) is 62.7 Å². The molecule has 6 nitrogen and oxygen atoms in total. The molecule has 2 aliphatic heterocycles. The molecule has 3 heterocycles. The van der Waals surface area contributed by atoms with Crippen LogP contribution in [0.2, 0.25) is 0 Å². The molecule has 0 radical (unpaired) electrons. The van der Waals surface area contributed by atoms with Crippen molar-refractivity contribution in [3.63, 3.8) is 0 Å². The summed E-state index contributed by atoms with van der Waals surface area (Å²) in [4.78, 5) is 27.9. The molecule has 1 saturated heterocycles. The van der Waals surface area contributed by atoms with Gasteiger partial charge in [-0.15, -0.1) is 0 Å². The van der Waals surface area contributed by atoms with Crippen LogP contribution < -0.4 is 15.6 Å². The molecule has 1 unspecified atom stereocenters. The van der Waals surface area contributed by atoms with Gasteiger partial charge >= 0.3 is 5.97 Å². The lowest BCUT2D eigenvalue weighted by Crippen LogP contribution is -2.34. The SMILES string of the molecule is CCN[C@H]1CC2CCCc3c(c(F)cc4c(=O)c(C(=O)OCC)cn(C5CC5)c34)N2C1. The van der Waals surface area contributed by atoms with Gasteiger partial charge < -0.3 is 19.5 Å². The van der Waals surface area contributed by atoms with Gasteiger partial charge in [-0.3, -0.25) is 4.79 Å². The topological polar surface area (TPSA) is 63.6 Å². The molecule has 0 amide bonds. The molecule has 7 heteroatoms. The Kier molecular flexibility index (Phi) is 5.24. The van der Waals surface area contributed by atoms with Gasteiger partial charge in [0, 0.05) is 41.8 Å². The molecule has 2 atom stereocenters. The zero-order valence-electron chi connectivity index (χ0n) is 18.2. The van der Waals surface area contributed by atoms with Gasteiger partial charge in [-0.2, -0.15) is 0 Å². The van der Waals surface area contributed by atoms with Crippen molar-refractivity contribution < 1.29 is 13.9 Å². The Morgan fingerprint density at radius 3 is 2.77 bits per heavy atom. The average molecular weight is 428 g/mol. The molecule has 0 spiro atoms. The maximum atomic E-state index is 15.6. The summed E-state index contributed by atoms with van der Waals surface area (Å²) < 4.78 is 22.8. The fourth-order valence-corrected chi connectivity index (χ4v) is 5.52. The number of hydrogen-bond donors (Lipinski definition) is 1. The number of carbonyl (C=O) groups excluding carboxylic acids is 1. The first-order valence-corrected chi connectivity index (χ1v) is 11.6. The van der Waals surface area contributed by atoms with E-state index < -0.39 is 11.4 Å². The number of esters is 1. The number of halogens is 1. The highest BCUT2D eigenvalue weighted by Gasteiger charge is 2.38. The molecule has 5 rings (SSSR count). The van der Waals surface area contributed by atoms with Crippen LogP contribution in [0.1, 0.15) is 67.9 Å². The van der Waals surface area contributed by atoms with Gasteiger partial charge in [-0.1, -0.05) is 6.92 Å². The van der Waals surface area contributed by atoms with Crippen LogP contribution in [0, 0.1) is 5.82 Å². The van der Waals surface area contributed by atoms with Gasteiger partial charge in [-0.05, 0) is 58.1 Å². The molecular weight excluding hydrogens is 397 g/mol. The second-order valence-corrected chi connectivity index (χ2v) is 9.00. The molecule has 31 heavy (non-hydrogen) atoms. The number of nitrogens with zero attached hydrogens (tertiary/aromatic N) is 2. The van der Waals surface area contributed by atoms with Crippen molar-refractivity contribution in [2.24, 2.45) is 0 Å². The lowest BCUT2D eigenvalue weighted by Gasteiger charge is -2.28. The second kappa shape index (κ2) is 7.93. The zero-order valence-corrected chi connectivity index (χ0v) is 18.2. The number of fused-ring (bicyclic) bond motifs is 5. The van der Waals surface area contributed by atoms with Crippen molar-refractivity contribution in [1.82, 2.24) is 9.88 Å². The number of likely N-dealkylation sites (N-methyl/N-ethyl adjacent to an activating group) is 1. The molecule has 1 aromatic carbocycles. The maximum Gasteiger partial charge on any atom is 0.343 e. The van der Waals surface area contributed by atoms with E-state index in [1.165, 1.54) is 6.07 Å². The predicted molar refractivity (Wildman–Crippen MR) is 119 cm³/mol. The molecule has 1 N–H and O–H groups in total. The molecule has 1 aliphatic carbocycles. The van der Waals surface area contributed by atoms with E-state index in [4.69, 9.17) is 4.74 Å². The van der Waals surface area contributed by atoms with Gasteiger partial charge in [0.15, 0.2) is 0 Å². The highest BCUT2D eigenvalue weighted by atomic mass is 19.1. The van der Waals surface area contributed by atoms with E-state index in [9.17, 15) is 9.59 Å². The third kappa shape index (κ3) is 3.43. The number of carbonyl (C=O) groups is 1. The summed E-state index contributed by atoms with van der Waals surface area (Å²) in [6.07, 6.45) is 7.40. The smallest absolute Gasteiger partial charge is 0.343 e. The number of rotatable bonds is 5. The number of ether oxygens (including phenoxy) is 1. The third-order valence-electron chi connectivity index (χ3n) is 6.93. The molecule has 2 aromatic rings. The fraction of sp³-hybridized carbons (Fsp3) is 0.583. The van der Waals surface area contributed by atoms with Crippen molar-refractivity contribution in [3.05, 3.63) is 39.4 Å². The summed E-state index contributed by atoms with van der Waals surface area (Å²) in [5.74, 6) is -0.987. The molecule has 166 valence electrons. The first kappa shape index (κ1) is 20.5. The Hall–Kier alpha value is -2.41. The third-order valence-corrected chi connectivity index (χ3v) is 6.93. The highest BCUT2D eigenvalue weighted by Crippen LogP contribution is 2.43. The fourth-order valence-electron chi connectivity index (χ4n) is 5.52. The number of aryl methyl sites for hydroxylation is 1. The number of nitrogens with one attached hydrogen (secondary N) is 1. The van der Waals surface area contributed by atoms with E-state index in [2.05, 4.69) is 21.7 Å². The summed E-state index contributed by atoms with van der Waals surface area (Å²) in [7, 11) is 0. The van der Waals surface area contributed by atoms with Crippen LogP contribution in [0.15, 0.2) is 17.1 Å². The van der Waals surface area contributed by atoms with Crippen molar-refractivity contribution in [3.8, 4) is 0 Å². The lowest BCUT2D eigenvalue weighted by atomic mass is 9.99. The Morgan fingerprint density at radius 1 is 1.26 bits per heavy atom. The minimum atomic E-state index is -0.632. The van der Waals surface area contributed by atoms with Crippen LogP contribution in [0.4, 0.5) is 10.1 Å². The Labute approximate surface area is 181 Å². The van der Waals surface area contributed by atoms with Gasteiger partial charge in [0.1, 0.15) is 11.4 Å². The number of benzene rings is 1. The summed E-state index contributed by atoms with van der Waals surface area (Å²) in [5.41, 5.74) is 1.96. The number of pyridine rings is 1. The van der Waals surface area contributed by atoms with E-state index in [1.807, 2.05) is 0 Å². The maximum absolute atomic E-state index is 15.6. The molecule has 1 aromatic heterocycles. The largest absolute Gasteiger partial charge is 0.462 e. The normalized spacial score (nSPS) is 22.9. The van der Waals surface area contributed by atoms with E-state index in [0.29, 0.717) is 23.2 Å². The van der Waals surface area contributed by atoms with E-state index >= 15 is 4.39 Å². The summed E-state index contributed by atoms with van der Waals surface area (Å²) in [6, 6.07) is 2.28. The number of anilines is 1. The van der Waals surface area contributed by atoms with Crippen LogP contribution in [-0.2, 0) is 11.2 Å². The van der Waals surface area contributed by atoms with Crippen LogP contribution >= 0.6 is 0 Å². The van der Waals surface area contributed by atoms with Gasteiger partial charge in [-0.25, -0.2) is 9.18 Å². The standard InChI is InChI=1S/C24H30FN3O3/c1-3-26-14-10-16-6-5-7-17-21-18(11-20(25)22(17)27(16)12-14)23(29)19(24(30)31-4-2)13-28(21)15-8-9-15/h11,13-16,26H,3-10,12H2,1-2H3/t14-,16?/m0/s1. The van der Waals surface area contributed by atoms with E-state index in [1.54, 1.807) is 13.1 Å². The van der Waals surface area contributed by atoms with Crippen LogP contribution in [0.3, 0.4) is 0 Å². The predicted octanol–water partition coefficient (Wildman–Crippen LogP) is 3.55. The van der Waals surface area contributed by atoms with E-state index in [-0.39, 0.29) is 24.0 Å². The lowest BCUT2D eigenvalue weighted by molar-refractivity contribution is 0.0524. The van der Waals surface area contributed by atoms with Crippen LogP contribution in [0.25, 0.3) is 10.9 Å². The molecule has 0 bridgehead atoms. The molecule has 1 saturated carbocycles.